The molecule has 0 saturated carbocycles. The van der Waals surface area contributed by atoms with Crippen LogP contribution in [0.4, 0.5) is 17.3 Å². The number of carbonyl (C=O) groups excluding carboxylic acids is 5. The number of pyridine rings is 1. The maximum Gasteiger partial charge on any atom is 0.255 e. The predicted octanol–water partition coefficient (Wildman–Crippen LogP) is 2.80. The van der Waals surface area contributed by atoms with Crippen molar-refractivity contribution < 1.29 is 24.0 Å². The minimum atomic E-state index is -0.849. The highest BCUT2D eigenvalue weighted by molar-refractivity contribution is 6.04. The maximum atomic E-state index is 13.6. The number of aromatic nitrogens is 4. The second kappa shape index (κ2) is 17.1. The number of imidazole rings is 1. The molecule has 3 aromatic heterocycles. The lowest BCUT2D eigenvalue weighted by Crippen LogP contribution is -2.49. The third kappa shape index (κ3) is 8.29. The van der Waals surface area contributed by atoms with E-state index in [1.54, 1.807) is 18.3 Å². The standard InChI is InChI=1S/C38H46N10O5/c1-3-7-32(37(52)41-26-51)44(2)38(53)30-20-29(11-10-28(30)24-49)47-22-27(23-47)14-18-46(19-15-39-25-50)35-9-6-8-31(42-35)33-21-40-34-12-13-36(43-48(33)34)45-16-4-5-17-45/h6,8-13,20-21,24-27,32H,3-5,7,14-19,22-23H2,1-2H3,(H,39,50)(H,41,51,52). The number of aldehydes is 1. The fourth-order valence-electron chi connectivity index (χ4n) is 7.09. The Labute approximate surface area is 308 Å². The van der Waals surface area contributed by atoms with Gasteiger partial charge in [0.25, 0.3) is 5.91 Å². The van der Waals surface area contributed by atoms with Gasteiger partial charge in [-0.05, 0) is 74.1 Å². The van der Waals surface area contributed by atoms with Crippen molar-refractivity contribution in [3.63, 3.8) is 0 Å². The number of likely N-dealkylation sites (N-methyl/N-ethyl adjacent to an activating group) is 1. The van der Waals surface area contributed by atoms with Crippen LogP contribution >= 0.6 is 0 Å². The molecular weight excluding hydrogens is 676 g/mol. The number of rotatable bonds is 18. The topological polar surface area (TPSA) is 165 Å². The van der Waals surface area contributed by atoms with Gasteiger partial charge in [-0.2, -0.15) is 0 Å². The first-order valence-corrected chi connectivity index (χ1v) is 18.2. The van der Waals surface area contributed by atoms with Gasteiger partial charge in [-0.1, -0.05) is 19.4 Å². The van der Waals surface area contributed by atoms with Crippen LogP contribution in [0, 0.1) is 5.92 Å². The van der Waals surface area contributed by atoms with Crippen LogP contribution in [0.15, 0.2) is 54.7 Å². The molecule has 278 valence electrons. The van der Waals surface area contributed by atoms with E-state index < -0.39 is 17.9 Å². The predicted molar refractivity (Wildman–Crippen MR) is 201 cm³/mol. The van der Waals surface area contributed by atoms with Crippen molar-refractivity contribution in [2.75, 3.05) is 67.6 Å². The molecule has 53 heavy (non-hydrogen) atoms. The summed E-state index contributed by atoms with van der Waals surface area (Å²) in [6, 6.07) is 14.2. The van der Waals surface area contributed by atoms with E-state index in [0.717, 1.165) is 79.8 Å². The molecule has 15 heteroatoms. The van der Waals surface area contributed by atoms with E-state index in [4.69, 9.17) is 10.1 Å². The Bertz CT molecular complexity index is 1940. The molecule has 6 rings (SSSR count). The summed E-state index contributed by atoms with van der Waals surface area (Å²) in [4.78, 5) is 77.6. The SMILES string of the molecule is CCCC(C(=O)NC=O)N(C)C(=O)c1cc(N2CC(CCN(CCNC=O)c3cccc(-c4cnc5ccc(N6CCCC6)nn45)n3)C2)ccc1C=O. The summed E-state index contributed by atoms with van der Waals surface area (Å²) in [5.74, 6) is 1.05. The Morgan fingerprint density at radius 2 is 1.81 bits per heavy atom. The molecule has 4 aromatic rings. The number of benzene rings is 1. The van der Waals surface area contributed by atoms with Crippen LogP contribution in [0.5, 0.6) is 0 Å². The summed E-state index contributed by atoms with van der Waals surface area (Å²) in [5.41, 5.74) is 3.56. The molecule has 15 nitrogen and oxygen atoms in total. The van der Waals surface area contributed by atoms with Crippen LogP contribution in [-0.4, -0.2) is 114 Å². The van der Waals surface area contributed by atoms with Gasteiger partial charge in [-0.3, -0.25) is 29.3 Å². The summed E-state index contributed by atoms with van der Waals surface area (Å²) in [6.45, 7) is 7.13. The van der Waals surface area contributed by atoms with Gasteiger partial charge in [0.2, 0.25) is 18.7 Å². The van der Waals surface area contributed by atoms with E-state index in [2.05, 4.69) is 30.3 Å². The van der Waals surface area contributed by atoms with Crippen molar-refractivity contribution in [3.8, 4) is 11.4 Å². The molecule has 5 heterocycles. The van der Waals surface area contributed by atoms with Crippen LogP contribution in [0.25, 0.3) is 17.0 Å². The molecule has 0 aliphatic carbocycles. The van der Waals surface area contributed by atoms with Crippen molar-refractivity contribution in [2.45, 2.75) is 45.1 Å². The van der Waals surface area contributed by atoms with Gasteiger partial charge in [0.05, 0.1) is 17.5 Å². The van der Waals surface area contributed by atoms with E-state index >= 15 is 0 Å². The second-order valence-corrected chi connectivity index (χ2v) is 13.5. The van der Waals surface area contributed by atoms with E-state index in [1.807, 2.05) is 47.8 Å². The molecule has 0 spiro atoms. The van der Waals surface area contributed by atoms with Gasteiger partial charge in [0.1, 0.15) is 23.4 Å². The lowest BCUT2D eigenvalue weighted by atomic mass is 9.94. The normalized spacial score (nSPS) is 14.8. The fraction of sp³-hybridized carbons (Fsp3) is 0.421. The van der Waals surface area contributed by atoms with E-state index in [0.29, 0.717) is 57.5 Å². The highest BCUT2D eigenvalue weighted by atomic mass is 16.2. The van der Waals surface area contributed by atoms with Crippen molar-refractivity contribution in [3.05, 3.63) is 65.9 Å². The Morgan fingerprint density at radius 3 is 2.55 bits per heavy atom. The lowest BCUT2D eigenvalue weighted by Gasteiger charge is -2.42. The zero-order chi connectivity index (χ0) is 37.3. The highest BCUT2D eigenvalue weighted by Crippen LogP contribution is 2.30. The van der Waals surface area contributed by atoms with E-state index in [9.17, 15) is 24.0 Å². The molecule has 0 bridgehead atoms. The Hall–Kier alpha value is -5.86. The molecule has 1 aromatic carbocycles. The first-order valence-electron chi connectivity index (χ1n) is 18.2. The average molecular weight is 723 g/mol. The molecule has 2 fully saturated rings. The summed E-state index contributed by atoms with van der Waals surface area (Å²) < 4.78 is 1.85. The summed E-state index contributed by atoms with van der Waals surface area (Å²) in [6.07, 6.45) is 7.62. The summed E-state index contributed by atoms with van der Waals surface area (Å²) >= 11 is 0. The molecule has 2 saturated heterocycles. The molecule has 2 aliphatic heterocycles. The minimum absolute atomic E-state index is 0.205. The molecule has 0 radical (unpaired) electrons. The molecule has 2 aliphatic rings. The number of hydrogen-bond donors (Lipinski definition) is 2. The van der Waals surface area contributed by atoms with E-state index in [1.165, 1.54) is 11.9 Å². The number of anilines is 3. The van der Waals surface area contributed by atoms with Crippen LogP contribution < -0.4 is 25.3 Å². The number of fused-ring (bicyclic) bond motifs is 1. The van der Waals surface area contributed by atoms with Gasteiger partial charge < -0.3 is 24.9 Å². The zero-order valence-electron chi connectivity index (χ0n) is 30.2. The molecule has 2 N–H and O–H groups in total. The number of hydrogen-bond acceptors (Lipinski definition) is 11. The second-order valence-electron chi connectivity index (χ2n) is 13.5. The number of imide groups is 1. The molecule has 1 unspecified atom stereocenters. The van der Waals surface area contributed by atoms with Gasteiger partial charge in [0.15, 0.2) is 11.9 Å². The fourth-order valence-corrected chi connectivity index (χ4v) is 7.09. The third-order valence-electron chi connectivity index (χ3n) is 10.1. The molecule has 1 atom stereocenters. The number of amides is 4. The van der Waals surface area contributed by atoms with Crippen molar-refractivity contribution >= 4 is 53.9 Å². The van der Waals surface area contributed by atoms with Crippen LogP contribution in [0.3, 0.4) is 0 Å². The Morgan fingerprint density at radius 1 is 1.00 bits per heavy atom. The molecular formula is C38H46N10O5. The van der Waals surface area contributed by atoms with Crippen LogP contribution in [0.1, 0.15) is 59.7 Å². The van der Waals surface area contributed by atoms with Gasteiger partial charge in [-0.15, -0.1) is 5.10 Å². The Balaban J connectivity index is 1.13. The van der Waals surface area contributed by atoms with Crippen LogP contribution in [0.2, 0.25) is 0 Å². The number of carbonyl (C=O) groups is 5. The van der Waals surface area contributed by atoms with E-state index in [-0.39, 0.29) is 11.1 Å². The summed E-state index contributed by atoms with van der Waals surface area (Å²) in [5, 5.41) is 9.82. The average Bonchev–Trinajstić information content (AvgIpc) is 3.86. The van der Waals surface area contributed by atoms with Crippen molar-refractivity contribution in [1.82, 2.24) is 35.1 Å². The first-order chi connectivity index (χ1) is 25.8. The van der Waals surface area contributed by atoms with Gasteiger partial charge >= 0.3 is 0 Å². The zero-order valence-corrected chi connectivity index (χ0v) is 30.2. The van der Waals surface area contributed by atoms with Crippen molar-refractivity contribution in [1.29, 1.82) is 0 Å². The number of nitrogens with one attached hydrogen (secondary N) is 2. The monoisotopic (exact) mass is 722 g/mol. The lowest BCUT2D eigenvalue weighted by molar-refractivity contribution is -0.129. The highest BCUT2D eigenvalue weighted by Gasteiger charge is 2.31. The minimum Gasteiger partial charge on any atom is -0.371 e. The van der Waals surface area contributed by atoms with Crippen molar-refractivity contribution in [2.24, 2.45) is 5.92 Å². The smallest absolute Gasteiger partial charge is 0.255 e. The van der Waals surface area contributed by atoms with Gasteiger partial charge in [-0.25, -0.2) is 14.5 Å². The maximum absolute atomic E-state index is 13.6. The number of nitrogens with zero attached hydrogens (tertiary/aromatic N) is 8. The third-order valence-corrected chi connectivity index (χ3v) is 10.1. The van der Waals surface area contributed by atoms with Crippen LogP contribution in [-0.2, 0) is 14.4 Å². The summed E-state index contributed by atoms with van der Waals surface area (Å²) in [7, 11) is 1.51. The largest absolute Gasteiger partial charge is 0.371 e. The van der Waals surface area contributed by atoms with Gasteiger partial charge in [0, 0.05) is 64.1 Å². The molecule has 4 amide bonds. The Kier molecular flexibility index (Phi) is 11.9. The quantitative estimate of drug-likeness (QED) is 0.115. The first kappa shape index (κ1) is 36.9.